The summed E-state index contributed by atoms with van der Waals surface area (Å²) in [7, 11) is 0. The van der Waals surface area contributed by atoms with Crippen LogP contribution in [0.3, 0.4) is 0 Å². The first kappa shape index (κ1) is 18.9. The number of fused-ring (bicyclic) bond motifs is 2. The van der Waals surface area contributed by atoms with E-state index in [1.807, 2.05) is 45.2 Å². The summed E-state index contributed by atoms with van der Waals surface area (Å²) in [6.07, 6.45) is 3.51. The van der Waals surface area contributed by atoms with E-state index in [-0.39, 0.29) is 18.2 Å². The maximum atomic E-state index is 12.7. The smallest absolute Gasteiger partial charge is 0.410 e. The number of carbonyl (C=O) groups is 2. The van der Waals surface area contributed by atoms with Crippen molar-refractivity contribution in [2.24, 2.45) is 5.73 Å². The number of ether oxygens (including phenoxy) is 1. The van der Waals surface area contributed by atoms with Gasteiger partial charge in [-0.25, -0.2) is 4.79 Å². The van der Waals surface area contributed by atoms with E-state index in [0.717, 1.165) is 29.7 Å². The number of amides is 2. The molecular formula is C21H24ClN3O3. The van der Waals surface area contributed by atoms with Crippen LogP contribution in [0.15, 0.2) is 30.5 Å². The molecule has 1 aromatic heterocycles. The summed E-state index contributed by atoms with van der Waals surface area (Å²) in [6, 6.07) is 7.36. The number of primary amides is 1. The SMILES string of the molecule is CC(C)(C)OC(=O)N1Cc2c(C(N)=O)c(-c3cccc(Cl)c3)cn2C2(CC2)C1. The normalized spacial score (nSPS) is 17.4. The number of halogens is 1. The predicted octanol–water partition coefficient (Wildman–Crippen LogP) is 4.15. The number of nitrogens with zero attached hydrogens (tertiary/aromatic N) is 2. The maximum absolute atomic E-state index is 12.7. The zero-order chi connectivity index (χ0) is 20.3. The van der Waals surface area contributed by atoms with Gasteiger partial charge in [-0.3, -0.25) is 9.69 Å². The lowest BCUT2D eigenvalue weighted by Crippen LogP contribution is -2.47. The molecule has 0 bridgehead atoms. The van der Waals surface area contributed by atoms with Gasteiger partial charge in [0.1, 0.15) is 5.60 Å². The molecular weight excluding hydrogens is 378 g/mol. The Morgan fingerprint density at radius 1 is 1.25 bits per heavy atom. The quantitative estimate of drug-likeness (QED) is 0.821. The molecule has 6 nitrogen and oxygen atoms in total. The highest BCUT2D eigenvalue weighted by Crippen LogP contribution is 2.50. The molecule has 28 heavy (non-hydrogen) atoms. The van der Waals surface area contributed by atoms with Crippen LogP contribution in [0.4, 0.5) is 4.79 Å². The number of nitrogens with two attached hydrogens (primary N) is 1. The van der Waals surface area contributed by atoms with Crippen LogP contribution in [0.2, 0.25) is 5.02 Å². The van der Waals surface area contributed by atoms with E-state index < -0.39 is 11.5 Å². The van der Waals surface area contributed by atoms with E-state index in [9.17, 15) is 9.59 Å². The lowest BCUT2D eigenvalue weighted by Gasteiger charge is -2.36. The number of benzene rings is 1. The summed E-state index contributed by atoms with van der Waals surface area (Å²) in [6.45, 7) is 6.38. The van der Waals surface area contributed by atoms with Gasteiger partial charge in [-0.2, -0.15) is 0 Å². The highest BCUT2D eigenvalue weighted by atomic mass is 35.5. The molecule has 0 radical (unpaired) electrons. The maximum Gasteiger partial charge on any atom is 0.410 e. The van der Waals surface area contributed by atoms with Crippen LogP contribution in [-0.2, 0) is 16.8 Å². The summed E-state index contributed by atoms with van der Waals surface area (Å²) in [5, 5.41) is 0.591. The topological polar surface area (TPSA) is 77.6 Å². The van der Waals surface area contributed by atoms with Crippen LogP contribution < -0.4 is 5.73 Å². The number of aromatic nitrogens is 1. The fourth-order valence-electron chi connectivity index (χ4n) is 3.94. The zero-order valence-corrected chi connectivity index (χ0v) is 17.0. The largest absolute Gasteiger partial charge is 0.444 e. The Labute approximate surface area is 169 Å². The molecule has 1 aliphatic heterocycles. The second-order valence-electron chi connectivity index (χ2n) is 8.67. The van der Waals surface area contributed by atoms with E-state index in [4.69, 9.17) is 22.1 Å². The van der Waals surface area contributed by atoms with Crippen molar-refractivity contribution in [3.05, 3.63) is 46.7 Å². The Morgan fingerprint density at radius 2 is 1.96 bits per heavy atom. The Morgan fingerprint density at radius 3 is 2.54 bits per heavy atom. The van der Waals surface area contributed by atoms with Crippen molar-refractivity contribution in [2.45, 2.75) is 51.3 Å². The van der Waals surface area contributed by atoms with E-state index in [1.54, 1.807) is 11.0 Å². The molecule has 0 saturated heterocycles. The Hall–Kier alpha value is -2.47. The minimum Gasteiger partial charge on any atom is -0.444 e. The summed E-state index contributed by atoms with van der Waals surface area (Å²) in [5.74, 6) is -0.509. The standard InChI is InChI=1S/C21H24ClN3O3/c1-20(2,3)28-19(27)24-11-16-17(18(23)26)15(13-5-4-6-14(22)9-13)10-25(16)21(12-24)7-8-21/h4-6,9-10H,7-8,11-12H2,1-3H3,(H2,23,26). The first-order valence-electron chi connectivity index (χ1n) is 9.38. The molecule has 0 atom stereocenters. The molecule has 0 unspecified atom stereocenters. The molecule has 1 saturated carbocycles. The summed E-state index contributed by atoms with van der Waals surface area (Å²) in [5.41, 5.74) is 7.80. The molecule has 1 aromatic carbocycles. The zero-order valence-electron chi connectivity index (χ0n) is 16.3. The van der Waals surface area contributed by atoms with Crippen LogP contribution >= 0.6 is 11.6 Å². The van der Waals surface area contributed by atoms with Gasteiger partial charge in [-0.05, 0) is 51.3 Å². The average Bonchev–Trinajstić information content (AvgIpc) is 3.22. The highest BCUT2D eigenvalue weighted by Gasteiger charge is 2.51. The van der Waals surface area contributed by atoms with Gasteiger partial charge < -0.3 is 15.0 Å². The van der Waals surface area contributed by atoms with Crippen molar-refractivity contribution >= 4 is 23.6 Å². The number of hydrogen-bond donors (Lipinski definition) is 1. The minimum absolute atomic E-state index is 0.189. The lowest BCUT2D eigenvalue weighted by molar-refractivity contribution is 0.0150. The fraction of sp³-hybridized carbons (Fsp3) is 0.429. The molecule has 1 fully saturated rings. The number of carbonyl (C=O) groups excluding carboxylic acids is 2. The molecule has 2 N–H and O–H groups in total. The van der Waals surface area contributed by atoms with Crippen molar-refractivity contribution in [3.8, 4) is 11.1 Å². The monoisotopic (exact) mass is 401 g/mol. The summed E-state index contributed by atoms with van der Waals surface area (Å²) < 4.78 is 7.71. The average molecular weight is 402 g/mol. The van der Waals surface area contributed by atoms with Gasteiger partial charge in [-0.15, -0.1) is 0 Å². The Kier molecular flexibility index (Phi) is 4.23. The van der Waals surface area contributed by atoms with E-state index >= 15 is 0 Å². The minimum atomic E-state index is -0.578. The van der Waals surface area contributed by atoms with Gasteiger partial charge in [0.05, 0.1) is 23.3 Å². The molecule has 1 spiro atoms. The first-order valence-corrected chi connectivity index (χ1v) is 9.76. The molecule has 2 heterocycles. The van der Waals surface area contributed by atoms with Gasteiger partial charge in [0.2, 0.25) is 0 Å². The molecule has 1 aliphatic carbocycles. The molecule has 2 aromatic rings. The van der Waals surface area contributed by atoms with Gasteiger partial charge in [0.15, 0.2) is 0 Å². The molecule has 2 amide bonds. The number of rotatable bonds is 2. The van der Waals surface area contributed by atoms with Gasteiger partial charge in [-0.1, -0.05) is 23.7 Å². The van der Waals surface area contributed by atoms with Gasteiger partial charge >= 0.3 is 6.09 Å². The lowest BCUT2D eigenvalue weighted by atomic mass is 10.0. The first-order chi connectivity index (χ1) is 13.1. The third-order valence-corrected chi connectivity index (χ3v) is 5.54. The molecule has 4 rings (SSSR count). The van der Waals surface area contributed by atoms with Crippen molar-refractivity contribution in [2.75, 3.05) is 6.54 Å². The van der Waals surface area contributed by atoms with Crippen LogP contribution in [0.25, 0.3) is 11.1 Å². The van der Waals surface area contributed by atoms with E-state index in [2.05, 4.69) is 4.57 Å². The summed E-state index contributed by atoms with van der Waals surface area (Å²) in [4.78, 5) is 26.8. The third-order valence-electron chi connectivity index (χ3n) is 5.30. The Bertz CT molecular complexity index is 970. The van der Waals surface area contributed by atoms with Crippen molar-refractivity contribution < 1.29 is 14.3 Å². The van der Waals surface area contributed by atoms with Crippen LogP contribution in [0, 0.1) is 0 Å². The predicted molar refractivity (Wildman–Crippen MR) is 107 cm³/mol. The highest BCUT2D eigenvalue weighted by molar-refractivity contribution is 6.30. The summed E-state index contributed by atoms with van der Waals surface area (Å²) >= 11 is 6.16. The Balaban J connectivity index is 1.79. The molecule has 7 heteroatoms. The second-order valence-corrected chi connectivity index (χ2v) is 9.11. The van der Waals surface area contributed by atoms with Crippen molar-refractivity contribution in [3.63, 3.8) is 0 Å². The van der Waals surface area contributed by atoms with Crippen molar-refractivity contribution in [1.82, 2.24) is 9.47 Å². The third kappa shape index (κ3) is 3.26. The van der Waals surface area contributed by atoms with E-state index in [0.29, 0.717) is 17.1 Å². The fourth-order valence-corrected chi connectivity index (χ4v) is 4.13. The van der Waals surface area contributed by atoms with Gasteiger partial charge in [0.25, 0.3) is 5.91 Å². The van der Waals surface area contributed by atoms with Crippen LogP contribution in [0.5, 0.6) is 0 Å². The molecule has 148 valence electrons. The van der Waals surface area contributed by atoms with Gasteiger partial charge in [0, 0.05) is 23.3 Å². The van der Waals surface area contributed by atoms with Crippen molar-refractivity contribution in [1.29, 1.82) is 0 Å². The molecule has 2 aliphatic rings. The van der Waals surface area contributed by atoms with Crippen LogP contribution in [0.1, 0.15) is 49.7 Å². The second kappa shape index (κ2) is 6.27. The van der Waals surface area contributed by atoms with E-state index in [1.165, 1.54) is 0 Å². The van der Waals surface area contributed by atoms with Crippen LogP contribution in [-0.4, -0.2) is 33.6 Å². The number of hydrogen-bond acceptors (Lipinski definition) is 3.